The van der Waals surface area contributed by atoms with Crippen LogP contribution in [-0.4, -0.2) is 62.8 Å². The average Bonchev–Trinajstić information content (AvgIpc) is 2.80. The Morgan fingerprint density at radius 2 is 2.00 bits per heavy atom. The Kier molecular flexibility index (Phi) is 3.23. The van der Waals surface area contributed by atoms with Gasteiger partial charge in [-0.15, -0.1) is 0 Å². The van der Waals surface area contributed by atoms with Gasteiger partial charge >= 0.3 is 12.0 Å². The zero-order valence-corrected chi connectivity index (χ0v) is 10.8. The van der Waals surface area contributed by atoms with Gasteiger partial charge in [-0.05, 0) is 26.7 Å². The predicted molar refractivity (Wildman–Crippen MR) is 64.2 cm³/mol. The Morgan fingerprint density at radius 1 is 1.33 bits per heavy atom. The third-order valence-corrected chi connectivity index (χ3v) is 3.94. The monoisotopic (exact) mass is 256 g/mol. The molecule has 0 radical (unpaired) electrons. The van der Waals surface area contributed by atoms with Gasteiger partial charge in [0.2, 0.25) is 0 Å². The molecule has 2 aliphatic rings. The van der Waals surface area contributed by atoms with Crippen LogP contribution < -0.4 is 0 Å². The summed E-state index contributed by atoms with van der Waals surface area (Å²) in [5.74, 6) is -1.04. The van der Waals surface area contributed by atoms with E-state index in [-0.39, 0.29) is 24.5 Å². The van der Waals surface area contributed by atoms with Crippen LogP contribution in [0.25, 0.3) is 0 Å². The summed E-state index contributed by atoms with van der Waals surface area (Å²) < 4.78 is 0. The number of likely N-dealkylation sites (tertiary alicyclic amines) is 2. The number of carbonyl (C=O) groups excluding carboxylic acids is 1. The first-order valence-corrected chi connectivity index (χ1v) is 6.32. The van der Waals surface area contributed by atoms with Gasteiger partial charge in [0.25, 0.3) is 0 Å². The zero-order chi connectivity index (χ0) is 13.5. The Labute approximate surface area is 106 Å². The number of aliphatic carboxylic acids is 1. The Morgan fingerprint density at radius 3 is 2.50 bits per heavy atom. The molecule has 0 aromatic heterocycles. The molecule has 2 N–H and O–H groups in total. The highest BCUT2D eigenvalue weighted by Gasteiger charge is 2.44. The van der Waals surface area contributed by atoms with E-state index < -0.39 is 18.1 Å². The maximum atomic E-state index is 12.4. The molecule has 2 saturated heterocycles. The Bertz CT molecular complexity index is 369. The molecule has 2 aliphatic heterocycles. The molecule has 0 aliphatic carbocycles. The third kappa shape index (κ3) is 2.16. The SMILES string of the molecule is CC1(C)CCCN1C(=O)N1C[C@@H](O)C[C@H]1C(=O)O. The lowest BCUT2D eigenvalue weighted by Crippen LogP contribution is -2.52. The summed E-state index contributed by atoms with van der Waals surface area (Å²) >= 11 is 0. The second-order valence-electron chi connectivity index (χ2n) is 5.75. The summed E-state index contributed by atoms with van der Waals surface area (Å²) in [5, 5.41) is 18.7. The first-order valence-electron chi connectivity index (χ1n) is 6.32. The van der Waals surface area contributed by atoms with Crippen molar-refractivity contribution in [3.05, 3.63) is 0 Å². The van der Waals surface area contributed by atoms with Gasteiger partial charge in [0, 0.05) is 25.0 Å². The number of hydrogen-bond donors (Lipinski definition) is 2. The highest BCUT2D eigenvalue weighted by molar-refractivity contribution is 5.84. The van der Waals surface area contributed by atoms with Gasteiger partial charge in [0.1, 0.15) is 6.04 Å². The Hall–Kier alpha value is -1.30. The van der Waals surface area contributed by atoms with Crippen LogP contribution in [0, 0.1) is 0 Å². The van der Waals surface area contributed by atoms with E-state index in [0.29, 0.717) is 6.54 Å². The molecule has 0 saturated carbocycles. The molecular formula is C12H20N2O4. The largest absolute Gasteiger partial charge is 0.480 e. The van der Waals surface area contributed by atoms with Crippen LogP contribution in [0.5, 0.6) is 0 Å². The first kappa shape index (κ1) is 13.1. The smallest absolute Gasteiger partial charge is 0.326 e. The van der Waals surface area contributed by atoms with E-state index in [2.05, 4.69) is 0 Å². The predicted octanol–water partition coefficient (Wildman–Crippen LogP) is 0.501. The fourth-order valence-corrected chi connectivity index (χ4v) is 2.88. The summed E-state index contributed by atoms with van der Waals surface area (Å²) in [4.78, 5) is 26.5. The molecule has 2 rings (SSSR count). The van der Waals surface area contributed by atoms with Crippen LogP contribution in [0.3, 0.4) is 0 Å². The number of urea groups is 1. The van der Waals surface area contributed by atoms with Gasteiger partial charge in [-0.2, -0.15) is 0 Å². The standard InChI is InChI=1S/C12H20N2O4/c1-12(2)4-3-5-14(12)11(18)13-7-8(15)6-9(13)10(16)17/h8-9,15H,3-7H2,1-2H3,(H,16,17)/t8-,9-/m0/s1. The van der Waals surface area contributed by atoms with Crippen LogP contribution in [0.2, 0.25) is 0 Å². The number of nitrogens with zero attached hydrogens (tertiary/aromatic N) is 2. The molecule has 0 aromatic carbocycles. The number of amides is 2. The molecule has 6 heteroatoms. The molecule has 0 unspecified atom stereocenters. The molecule has 6 nitrogen and oxygen atoms in total. The van der Waals surface area contributed by atoms with Crippen LogP contribution in [0.1, 0.15) is 33.1 Å². The molecule has 0 spiro atoms. The van der Waals surface area contributed by atoms with Gasteiger partial charge in [-0.3, -0.25) is 0 Å². The van der Waals surface area contributed by atoms with Crippen molar-refractivity contribution in [1.82, 2.24) is 9.80 Å². The number of carboxylic acids is 1. The lowest BCUT2D eigenvalue weighted by atomic mass is 10.0. The normalized spacial score (nSPS) is 30.8. The number of aliphatic hydroxyl groups is 1. The lowest BCUT2D eigenvalue weighted by Gasteiger charge is -2.36. The molecule has 2 atom stereocenters. The Balaban J connectivity index is 2.15. The number of carboxylic acid groups (broad SMARTS) is 1. The third-order valence-electron chi connectivity index (χ3n) is 3.94. The summed E-state index contributed by atoms with van der Waals surface area (Å²) in [6, 6.07) is -1.16. The zero-order valence-electron chi connectivity index (χ0n) is 10.8. The summed E-state index contributed by atoms with van der Waals surface area (Å²) in [6.07, 6.45) is 1.25. The molecule has 0 aromatic rings. The van der Waals surface area contributed by atoms with E-state index in [1.165, 1.54) is 4.90 Å². The first-order chi connectivity index (χ1) is 8.33. The quantitative estimate of drug-likeness (QED) is 0.716. The van der Waals surface area contributed by atoms with Crippen molar-refractivity contribution in [3.8, 4) is 0 Å². The van der Waals surface area contributed by atoms with Crippen molar-refractivity contribution in [2.24, 2.45) is 0 Å². The van der Waals surface area contributed by atoms with Crippen molar-refractivity contribution >= 4 is 12.0 Å². The minimum atomic E-state index is -1.04. The van der Waals surface area contributed by atoms with Gasteiger partial charge in [-0.25, -0.2) is 9.59 Å². The van der Waals surface area contributed by atoms with E-state index >= 15 is 0 Å². The number of aliphatic hydroxyl groups excluding tert-OH is 1. The van der Waals surface area contributed by atoms with Crippen LogP contribution in [0.4, 0.5) is 4.79 Å². The molecule has 0 bridgehead atoms. The van der Waals surface area contributed by atoms with Gasteiger partial charge in [-0.1, -0.05) is 0 Å². The maximum Gasteiger partial charge on any atom is 0.326 e. The van der Waals surface area contributed by atoms with Crippen LogP contribution in [-0.2, 0) is 4.79 Å². The van der Waals surface area contributed by atoms with E-state index in [1.54, 1.807) is 4.90 Å². The van der Waals surface area contributed by atoms with E-state index in [0.717, 1.165) is 12.8 Å². The van der Waals surface area contributed by atoms with Gasteiger partial charge in [0.15, 0.2) is 0 Å². The summed E-state index contributed by atoms with van der Waals surface area (Å²) in [5.41, 5.74) is -0.228. The van der Waals surface area contributed by atoms with E-state index in [4.69, 9.17) is 5.11 Å². The van der Waals surface area contributed by atoms with Gasteiger partial charge < -0.3 is 20.0 Å². The number of hydrogen-bond acceptors (Lipinski definition) is 3. The van der Waals surface area contributed by atoms with Crippen molar-refractivity contribution in [2.45, 2.75) is 50.8 Å². The molecule has 2 amide bonds. The molecule has 18 heavy (non-hydrogen) atoms. The van der Waals surface area contributed by atoms with Crippen molar-refractivity contribution in [1.29, 1.82) is 0 Å². The maximum absolute atomic E-state index is 12.4. The van der Waals surface area contributed by atoms with Crippen LogP contribution >= 0.6 is 0 Å². The number of β-amino-alcohol motifs (C(OH)–C–C–N with tert-alkyl or cyclic N) is 1. The molecule has 2 fully saturated rings. The second kappa shape index (κ2) is 4.42. The van der Waals surface area contributed by atoms with E-state index in [1.807, 2.05) is 13.8 Å². The topological polar surface area (TPSA) is 81.1 Å². The summed E-state index contributed by atoms with van der Waals surface area (Å²) in [7, 11) is 0. The highest BCUT2D eigenvalue weighted by atomic mass is 16.4. The molecular weight excluding hydrogens is 236 g/mol. The average molecular weight is 256 g/mol. The second-order valence-corrected chi connectivity index (χ2v) is 5.75. The van der Waals surface area contributed by atoms with E-state index in [9.17, 15) is 14.7 Å². The summed E-state index contributed by atoms with van der Waals surface area (Å²) in [6.45, 7) is 4.74. The fourth-order valence-electron chi connectivity index (χ4n) is 2.88. The molecule has 102 valence electrons. The van der Waals surface area contributed by atoms with Crippen LogP contribution in [0.15, 0.2) is 0 Å². The molecule has 2 heterocycles. The minimum absolute atomic E-state index is 0.113. The minimum Gasteiger partial charge on any atom is -0.480 e. The number of carbonyl (C=O) groups is 2. The van der Waals surface area contributed by atoms with Gasteiger partial charge in [0.05, 0.1) is 6.10 Å². The van der Waals surface area contributed by atoms with Crippen molar-refractivity contribution < 1.29 is 19.8 Å². The number of rotatable bonds is 1. The van der Waals surface area contributed by atoms with Crippen molar-refractivity contribution in [3.63, 3.8) is 0 Å². The fraction of sp³-hybridized carbons (Fsp3) is 0.833. The lowest BCUT2D eigenvalue weighted by molar-refractivity contribution is -0.141. The van der Waals surface area contributed by atoms with Crippen molar-refractivity contribution in [2.75, 3.05) is 13.1 Å². The highest BCUT2D eigenvalue weighted by Crippen LogP contribution is 2.31.